The maximum absolute atomic E-state index is 12.0. The Morgan fingerprint density at radius 1 is 0.606 bits per heavy atom. The maximum atomic E-state index is 12.0. The number of hydrogen-bond acceptors (Lipinski definition) is 3. The Morgan fingerprint density at radius 2 is 1.18 bits per heavy atom. The van der Waals surface area contributed by atoms with E-state index in [1.165, 1.54) is 16.7 Å². The van der Waals surface area contributed by atoms with Gasteiger partial charge in [-0.15, -0.1) is 0 Å². The lowest BCUT2D eigenvalue weighted by Crippen LogP contribution is -2.27. The SMILES string of the molecule is O=C(NCCCCc1ccc(-c2ccccc2)cc1)Oc1ccc(Oc2ccccc2)cc1. The minimum Gasteiger partial charge on any atom is -0.457 e. The summed E-state index contributed by atoms with van der Waals surface area (Å²) in [7, 11) is 0. The van der Waals surface area contributed by atoms with Crippen LogP contribution in [0.15, 0.2) is 109 Å². The van der Waals surface area contributed by atoms with Gasteiger partial charge in [0.1, 0.15) is 17.2 Å². The molecule has 4 aromatic carbocycles. The molecule has 1 N–H and O–H groups in total. The molecule has 0 aliphatic carbocycles. The molecule has 4 rings (SSSR count). The van der Waals surface area contributed by atoms with Crippen LogP contribution in [0.1, 0.15) is 18.4 Å². The molecular weight excluding hydrogens is 410 g/mol. The summed E-state index contributed by atoms with van der Waals surface area (Å²) in [5.41, 5.74) is 3.75. The predicted molar refractivity (Wildman–Crippen MR) is 132 cm³/mol. The summed E-state index contributed by atoms with van der Waals surface area (Å²) in [6.45, 7) is 0.579. The molecule has 0 bridgehead atoms. The zero-order chi connectivity index (χ0) is 22.7. The summed E-state index contributed by atoms with van der Waals surface area (Å²) in [5, 5.41) is 2.81. The Morgan fingerprint density at radius 3 is 1.88 bits per heavy atom. The Balaban J connectivity index is 1.13. The third-order valence-electron chi connectivity index (χ3n) is 5.24. The van der Waals surface area contributed by atoms with Crippen molar-refractivity contribution in [3.63, 3.8) is 0 Å². The lowest BCUT2D eigenvalue weighted by molar-refractivity contribution is 0.200. The van der Waals surface area contributed by atoms with Crippen molar-refractivity contribution in [3.8, 4) is 28.4 Å². The lowest BCUT2D eigenvalue weighted by atomic mass is 10.0. The van der Waals surface area contributed by atoms with Crippen molar-refractivity contribution in [2.45, 2.75) is 19.3 Å². The van der Waals surface area contributed by atoms with Crippen molar-refractivity contribution in [2.75, 3.05) is 6.54 Å². The van der Waals surface area contributed by atoms with E-state index < -0.39 is 6.09 Å². The molecule has 0 aromatic heterocycles. The quantitative estimate of drug-likeness (QED) is 0.280. The molecule has 4 aromatic rings. The van der Waals surface area contributed by atoms with Crippen molar-refractivity contribution in [1.29, 1.82) is 0 Å². The van der Waals surface area contributed by atoms with E-state index in [1.54, 1.807) is 24.3 Å². The average Bonchev–Trinajstić information content (AvgIpc) is 2.87. The first-order valence-electron chi connectivity index (χ1n) is 11.2. The molecule has 1 amide bonds. The zero-order valence-corrected chi connectivity index (χ0v) is 18.4. The van der Waals surface area contributed by atoms with Crippen LogP contribution in [0.2, 0.25) is 0 Å². The van der Waals surface area contributed by atoms with Crippen LogP contribution in [0.5, 0.6) is 17.2 Å². The maximum Gasteiger partial charge on any atom is 0.412 e. The number of nitrogens with one attached hydrogen (secondary N) is 1. The van der Waals surface area contributed by atoms with E-state index in [-0.39, 0.29) is 0 Å². The highest BCUT2D eigenvalue weighted by molar-refractivity contribution is 5.70. The fraction of sp³-hybridized carbons (Fsp3) is 0.138. The minimum absolute atomic E-state index is 0.445. The number of benzene rings is 4. The molecule has 0 saturated carbocycles. The summed E-state index contributed by atoms with van der Waals surface area (Å²) in [4.78, 5) is 12.0. The highest BCUT2D eigenvalue weighted by Crippen LogP contribution is 2.23. The first-order chi connectivity index (χ1) is 16.3. The number of para-hydroxylation sites is 1. The van der Waals surface area contributed by atoms with Gasteiger partial charge in [-0.3, -0.25) is 0 Å². The van der Waals surface area contributed by atoms with Crippen molar-refractivity contribution in [1.82, 2.24) is 5.32 Å². The van der Waals surface area contributed by atoms with Gasteiger partial charge in [-0.25, -0.2) is 4.79 Å². The van der Waals surface area contributed by atoms with Crippen LogP contribution in [0.3, 0.4) is 0 Å². The second-order valence-corrected chi connectivity index (χ2v) is 7.72. The molecule has 166 valence electrons. The average molecular weight is 438 g/mol. The fourth-order valence-corrected chi connectivity index (χ4v) is 3.48. The van der Waals surface area contributed by atoms with E-state index in [1.807, 2.05) is 36.4 Å². The van der Waals surface area contributed by atoms with Crippen molar-refractivity contribution >= 4 is 6.09 Å². The smallest absolute Gasteiger partial charge is 0.412 e. The molecular formula is C29H27NO3. The van der Waals surface area contributed by atoms with Gasteiger partial charge >= 0.3 is 6.09 Å². The van der Waals surface area contributed by atoms with Crippen LogP contribution < -0.4 is 14.8 Å². The fourth-order valence-electron chi connectivity index (χ4n) is 3.48. The summed E-state index contributed by atoms with van der Waals surface area (Å²) in [5.74, 6) is 1.92. The zero-order valence-electron chi connectivity index (χ0n) is 18.4. The highest BCUT2D eigenvalue weighted by Gasteiger charge is 2.05. The largest absolute Gasteiger partial charge is 0.457 e. The Kier molecular flexibility index (Phi) is 7.74. The number of rotatable bonds is 9. The lowest BCUT2D eigenvalue weighted by Gasteiger charge is -2.09. The number of unbranched alkanes of at least 4 members (excludes halogenated alkanes) is 1. The van der Waals surface area contributed by atoms with Crippen molar-refractivity contribution in [2.24, 2.45) is 0 Å². The summed E-state index contributed by atoms with van der Waals surface area (Å²) in [6.07, 6.45) is 2.42. The third-order valence-corrected chi connectivity index (χ3v) is 5.24. The molecule has 0 unspecified atom stereocenters. The second kappa shape index (κ2) is 11.5. The number of hydrogen-bond donors (Lipinski definition) is 1. The Hall–Kier alpha value is -4.05. The van der Waals surface area contributed by atoms with Crippen LogP contribution >= 0.6 is 0 Å². The highest BCUT2D eigenvalue weighted by atomic mass is 16.6. The monoisotopic (exact) mass is 437 g/mol. The van der Waals surface area contributed by atoms with E-state index >= 15 is 0 Å². The van der Waals surface area contributed by atoms with E-state index in [0.29, 0.717) is 18.0 Å². The summed E-state index contributed by atoms with van der Waals surface area (Å²) in [6, 6.07) is 35.6. The molecule has 0 saturated heterocycles. The second-order valence-electron chi connectivity index (χ2n) is 7.72. The van der Waals surface area contributed by atoms with Crippen molar-refractivity contribution in [3.05, 3.63) is 115 Å². The molecule has 0 fully saturated rings. The van der Waals surface area contributed by atoms with Gasteiger partial charge in [-0.1, -0.05) is 72.8 Å². The van der Waals surface area contributed by atoms with Gasteiger partial charge in [0.25, 0.3) is 0 Å². The van der Waals surface area contributed by atoms with E-state index in [9.17, 15) is 4.79 Å². The van der Waals surface area contributed by atoms with Crippen LogP contribution in [-0.4, -0.2) is 12.6 Å². The molecule has 0 spiro atoms. The van der Waals surface area contributed by atoms with Gasteiger partial charge in [0.15, 0.2) is 0 Å². The Labute approximate surface area is 194 Å². The molecule has 0 aliphatic rings. The molecule has 0 aliphatic heterocycles. The van der Waals surface area contributed by atoms with E-state index in [4.69, 9.17) is 9.47 Å². The van der Waals surface area contributed by atoms with Crippen LogP contribution in [0.4, 0.5) is 4.79 Å². The topological polar surface area (TPSA) is 47.6 Å². The molecule has 33 heavy (non-hydrogen) atoms. The van der Waals surface area contributed by atoms with E-state index in [2.05, 4.69) is 53.8 Å². The number of carbonyl (C=O) groups is 1. The molecule has 0 radical (unpaired) electrons. The number of ether oxygens (including phenoxy) is 2. The van der Waals surface area contributed by atoms with E-state index in [0.717, 1.165) is 25.0 Å². The minimum atomic E-state index is -0.445. The van der Waals surface area contributed by atoms with Crippen LogP contribution in [0.25, 0.3) is 11.1 Å². The molecule has 0 heterocycles. The van der Waals surface area contributed by atoms with Crippen LogP contribution in [0, 0.1) is 0 Å². The third kappa shape index (κ3) is 6.97. The normalized spacial score (nSPS) is 10.4. The summed E-state index contributed by atoms with van der Waals surface area (Å²) < 4.78 is 11.1. The van der Waals surface area contributed by atoms with Gasteiger partial charge in [-0.2, -0.15) is 0 Å². The standard InChI is InChI=1S/C29H27NO3/c31-29(33-28-20-18-27(19-21-28)32-26-12-5-2-6-13-26)30-22-8-7-9-23-14-16-25(17-15-23)24-10-3-1-4-11-24/h1-6,10-21H,7-9,22H2,(H,30,31). The number of carbonyl (C=O) groups excluding carboxylic acids is 1. The number of amides is 1. The van der Waals surface area contributed by atoms with Crippen LogP contribution in [-0.2, 0) is 6.42 Å². The molecule has 4 heteroatoms. The van der Waals surface area contributed by atoms with Gasteiger partial charge in [0, 0.05) is 6.54 Å². The van der Waals surface area contributed by atoms with Gasteiger partial charge in [0.2, 0.25) is 0 Å². The molecule has 0 atom stereocenters. The summed E-state index contributed by atoms with van der Waals surface area (Å²) >= 11 is 0. The Bertz CT molecular complexity index is 1130. The number of aryl methyl sites for hydroxylation is 1. The van der Waals surface area contributed by atoms with Gasteiger partial charge in [-0.05, 0) is 72.4 Å². The van der Waals surface area contributed by atoms with Gasteiger partial charge < -0.3 is 14.8 Å². The van der Waals surface area contributed by atoms with Crippen molar-refractivity contribution < 1.29 is 14.3 Å². The van der Waals surface area contributed by atoms with Gasteiger partial charge in [0.05, 0.1) is 0 Å². The first-order valence-corrected chi connectivity index (χ1v) is 11.2. The predicted octanol–water partition coefficient (Wildman–Crippen LogP) is 7.26. The molecule has 4 nitrogen and oxygen atoms in total. The first kappa shape index (κ1) is 22.2.